The highest BCUT2D eigenvalue weighted by Crippen LogP contribution is 2.20. The molecule has 0 radical (unpaired) electrons. The minimum Gasteiger partial charge on any atom is -0.352 e. The second-order valence-electron chi connectivity index (χ2n) is 5.88. The van der Waals surface area contributed by atoms with Crippen LogP contribution in [0, 0.1) is 6.92 Å². The third-order valence-corrected chi connectivity index (χ3v) is 3.96. The fourth-order valence-corrected chi connectivity index (χ4v) is 2.61. The Kier molecular flexibility index (Phi) is 4.78. The Morgan fingerprint density at radius 1 is 1.00 bits per heavy atom. The highest BCUT2D eigenvalue weighted by atomic mass is 16.5. The average molecular weight is 359 g/mol. The summed E-state index contributed by atoms with van der Waals surface area (Å²) in [5.41, 5.74) is 3.63. The fourth-order valence-electron chi connectivity index (χ4n) is 2.61. The van der Waals surface area contributed by atoms with Crippen molar-refractivity contribution in [1.82, 2.24) is 30.3 Å². The normalized spacial score (nSPS) is 10.7. The zero-order valence-corrected chi connectivity index (χ0v) is 14.7. The summed E-state index contributed by atoms with van der Waals surface area (Å²) in [5.74, 6) is 1.46. The van der Waals surface area contributed by atoms with Crippen molar-refractivity contribution in [3.63, 3.8) is 0 Å². The molecule has 1 N–H and O–H groups in total. The third-order valence-electron chi connectivity index (χ3n) is 3.96. The summed E-state index contributed by atoms with van der Waals surface area (Å²) >= 11 is 0. The number of pyridine rings is 1. The summed E-state index contributed by atoms with van der Waals surface area (Å²) in [7, 11) is 0. The fraction of sp³-hybridized carbons (Fsp3) is 0.158. The van der Waals surface area contributed by atoms with Crippen molar-refractivity contribution in [3.05, 3.63) is 66.3 Å². The highest BCUT2D eigenvalue weighted by molar-refractivity contribution is 5.63. The Morgan fingerprint density at radius 2 is 1.89 bits per heavy atom. The molecule has 8 nitrogen and oxygen atoms in total. The molecule has 0 amide bonds. The van der Waals surface area contributed by atoms with Crippen molar-refractivity contribution in [1.29, 1.82) is 0 Å². The number of aromatic nitrogens is 6. The molecular weight excluding hydrogens is 342 g/mol. The molecule has 0 bridgehead atoms. The number of anilines is 1. The Hall–Kier alpha value is -3.68. The quantitative estimate of drug-likeness (QED) is 0.560. The van der Waals surface area contributed by atoms with E-state index in [0.717, 1.165) is 16.8 Å². The summed E-state index contributed by atoms with van der Waals surface area (Å²) < 4.78 is 5.27. The number of rotatable bonds is 6. The zero-order chi connectivity index (χ0) is 18.5. The molecule has 27 heavy (non-hydrogen) atoms. The van der Waals surface area contributed by atoms with E-state index in [4.69, 9.17) is 4.52 Å². The molecule has 0 spiro atoms. The molecule has 4 rings (SSSR count). The number of nitrogens with zero attached hydrogens (tertiary/aromatic N) is 6. The van der Waals surface area contributed by atoms with Crippen LogP contribution in [0.15, 0.2) is 59.4 Å². The molecule has 4 aromatic rings. The van der Waals surface area contributed by atoms with Crippen molar-refractivity contribution >= 4 is 5.95 Å². The average Bonchev–Trinajstić information content (AvgIpc) is 3.18. The van der Waals surface area contributed by atoms with Gasteiger partial charge in [0.25, 0.3) is 0 Å². The van der Waals surface area contributed by atoms with Gasteiger partial charge in [0, 0.05) is 24.7 Å². The van der Waals surface area contributed by atoms with Crippen molar-refractivity contribution in [3.8, 4) is 22.8 Å². The van der Waals surface area contributed by atoms with Crippen LogP contribution in [-0.2, 0) is 6.42 Å². The minimum atomic E-state index is 0.459. The van der Waals surface area contributed by atoms with E-state index < -0.39 is 0 Å². The molecule has 0 saturated heterocycles. The molecule has 0 aliphatic heterocycles. The summed E-state index contributed by atoms with van der Waals surface area (Å²) in [6.45, 7) is 2.59. The van der Waals surface area contributed by atoms with Crippen LogP contribution in [-0.4, -0.2) is 36.9 Å². The molecule has 3 aromatic heterocycles. The Morgan fingerprint density at radius 3 is 2.74 bits per heavy atom. The molecule has 0 atom stereocenters. The van der Waals surface area contributed by atoms with Gasteiger partial charge in [0.15, 0.2) is 0 Å². The topological polar surface area (TPSA) is 103 Å². The third kappa shape index (κ3) is 3.95. The van der Waals surface area contributed by atoms with Gasteiger partial charge in [-0.3, -0.25) is 4.98 Å². The standard InChI is InChI=1S/C19H17N7O/c1-13-6-2-3-7-14(13)16-12-22-25-19(23-16)21-11-9-17-24-18(26-27-17)15-8-4-5-10-20-15/h2-8,10,12H,9,11H2,1H3,(H,21,23,25). The monoisotopic (exact) mass is 359 g/mol. The number of nitrogens with one attached hydrogen (secondary N) is 1. The van der Waals surface area contributed by atoms with Crippen LogP contribution in [0.2, 0.25) is 0 Å². The van der Waals surface area contributed by atoms with E-state index in [1.54, 1.807) is 12.4 Å². The van der Waals surface area contributed by atoms with Crippen molar-refractivity contribution in [2.24, 2.45) is 0 Å². The van der Waals surface area contributed by atoms with Crippen LogP contribution < -0.4 is 5.32 Å². The lowest BCUT2D eigenvalue weighted by atomic mass is 10.1. The molecule has 0 fully saturated rings. The first kappa shape index (κ1) is 16.8. The summed E-state index contributed by atoms with van der Waals surface area (Å²) in [5, 5.41) is 15.2. The van der Waals surface area contributed by atoms with Crippen LogP contribution in [0.25, 0.3) is 22.8 Å². The van der Waals surface area contributed by atoms with Crippen LogP contribution >= 0.6 is 0 Å². The largest absolute Gasteiger partial charge is 0.352 e. The first-order valence-corrected chi connectivity index (χ1v) is 8.53. The first-order valence-electron chi connectivity index (χ1n) is 8.53. The van der Waals surface area contributed by atoms with E-state index in [1.807, 2.05) is 49.4 Å². The summed E-state index contributed by atoms with van der Waals surface area (Å²) in [6.07, 6.45) is 3.89. The smallest absolute Gasteiger partial charge is 0.243 e. The Bertz CT molecular complexity index is 1030. The van der Waals surface area contributed by atoms with Crippen molar-refractivity contribution in [2.75, 3.05) is 11.9 Å². The Labute approximate surface area is 155 Å². The van der Waals surface area contributed by atoms with Gasteiger partial charge in [0.2, 0.25) is 17.7 Å². The van der Waals surface area contributed by atoms with Gasteiger partial charge in [0.1, 0.15) is 5.69 Å². The van der Waals surface area contributed by atoms with Crippen LogP contribution in [0.5, 0.6) is 0 Å². The minimum absolute atomic E-state index is 0.459. The summed E-state index contributed by atoms with van der Waals surface area (Å²) in [6, 6.07) is 13.6. The van der Waals surface area contributed by atoms with E-state index >= 15 is 0 Å². The SMILES string of the molecule is Cc1ccccc1-c1cnnc(NCCc2nc(-c3ccccn3)no2)n1. The zero-order valence-electron chi connectivity index (χ0n) is 14.7. The van der Waals surface area contributed by atoms with Gasteiger partial charge in [-0.05, 0) is 24.6 Å². The maximum absolute atomic E-state index is 5.27. The molecule has 0 aliphatic carbocycles. The van der Waals surface area contributed by atoms with Gasteiger partial charge in [0.05, 0.1) is 11.9 Å². The molecule has 134 valence electrons. The van der Waals surface area contributed by atoms with E-state index in [0.29, 0.717) is 36.3 Å². The molecule has 0 aliphatic rings. The second kappa shape index (κ2) is 7.69. The number of hydrogen-bond donors (Lipinski definition) is 1. The van der Waals surface area contributed by atoms with Crippen LogP contribution in [0.1, 0.15) is 11.5 Å². The van der Waals surface area contributed by atoms with E-state index in [1.165, 1.54) is 0 Å². The molecule has 0 unspecified atom stereocenters. The van der Waals surface area contributed by atoms with Gasteiger partial charge < -0.3 is 9.84 Å². The molecule has 8 heteroatoms. The lowest BCUT2D eigenvalue weighted by molar-refractivity contribution is 0.381. The number of hydrogen-bond acceptors (Lipinski definition) is 8. The van der Waals surface area contributed by atoms with E-state index in [9.17, 15) is 0 Å². The van der Waals surface area contributed by atoms with Gasteiger partial charge >= 0.3 is 0 Å². The maximum Gasteiger partial charge on any atom is 0.243 e. The van der Waals surface area contributed by atoms with Crippen LogP contribution in [0.3, 0.4) is 0 Å². The van der Waals surface area contributed by atoms with Gasteiger partial charge in [-0.2, -0.15) is 10.1 Å². The van der Waals surface area contributed by atoms with Crippen LogP contribution in [0.4, 0.5) is 5.95 Å². The highest BCUT2D eigenvalue weighted by Gasteiger charge is 2.10. The van der Waals surface area contributed by atoms with Crippen molar-refractivity contribution in [2.45, 2.75) is 13.3 Å². The lowest BCUT2D eigenvalue weighted by Gasteiger charge is -2.06. The second-order valence-corrected chi connectivity index (χ2v) is 5.88. The lowest BCUT2D eigenvalue weighted by Crippen LogP contribution is -2.09. The maximum atomic E-state index is 5.27. The molecule has 1 aromatic carbocycles. The predicted molar refractivity (Wildman–Crippen MR) is 99.7 cm³/mol. The Balaban J connectivity index is 1.39. The van der Waals surface area contributed by atoms with E-state index in [2.05, 4.69) is 35.6 Å². The predicted octanol–water partition coefficient (Wildman–Crippen LogP) is 2.95. The number of benzene rings is 1. The van der Waals surface area contributed by atoms with Gasteiger partial charge in [-0.25, -0.2) is 4.98 Å². The number of aryl methyl sites for hydroxylation is 1. The molecular formula is C19H17N7O. The van der Waals surface area contributed by atoms with Gasteiger partial charge in [-0.1, -0.05) is 35.5 Å². The van der Waals surface area contributed by atoms with E-state index in [-0.39, 0.29) is 0 Å². The molecule has 0 saturated carbocycles. The first-order chi connectivity index (χ1) is 13.3. The molecule has 3 heterocycles. The summed E-state index contributed by atoms with van der Waals surface area (Å²) in [4.78, 5) is 13.1. The van der Waals surface area contributed by atoms with Gasteiger partial charge in [-0.15, -0.1) is 5.10 Å². The van der Waals surface area contributed by atoms with Crippen molar-refractivity contribution < 1.29 is 4.52 Å².